The van der Waals surface area contributed by atoms with Crippen LogP contribution in [-0.2, 0) is 6.42 Å². The van der Waals surface area contributed by atoms with Gasteiger partial charge in [0.05, 0.1) is 0 Å². The molecule has 0 aliphatic heterocycles. The third-order valence-corrected chi connectivity index (χ3v) is 3.35. The molecule has 0 unspecified atom stereocenters. The lowest BCUT2D eigenvalue weighted by molar-refractivity contribution is 1.23. The normalized spacial score (nSPS) is 11.0. The lowest BCUT2D eigenvalue weighted by atomic mass is 10.1. The molecule has 1 aliphatic carbocycles. The highest BCUT2D eigenvalue weighted by atomic mass is 32.1. The average Bonchev–Trinajstić information content (AvgIpc) is 2.77. The van der Waals surface area contributed by atoms with Crippen molar-refractivity contribution in [3.63, 3.8) is 0 Å². The molecule has 0 aromatic heterocycles. The molecular formula is C17H18S. The fraction of sp³-hybridized carbons (Fsp3) is 0.176. The van der Waals surface area contributed by atoms with Gasteiger partial charge in [-0.25, -0.2) is 0 Å². The summed E-state index contributed by atoms with van der Waals surface area (Å²) < 4.78 is 0. The first kappa shape index (κ1) is 13.0. The summed E-state index contributed by atoms with van der Waals surface area (Å²) in [6.07, 6.45) is 4.03. The van der Waals surface area contributed by atoms with E-state index in [1.54, 1.807) is 0 Å². The van der Waals surface area contributed by atoms with Gasteiger partial charge < -0.3 is 0 Å². The monoisotopic (exact) mass is 254 g/mol. The molecule has 0 saturated heterocycles. The van der Waals surface area contributed by atoms with Crippen LogP contribution < -0.4 is 0 Å². The van der Waals surface area contributed by atoms with E-state index in [9.17, 15) is 0 Å². The van der Waals surface area contributed by atoms with E-state index in [0.29, 0.717) is 0 Å². The molecule has 92 valence electrons. The molecule has 0 saturated carbocycles. The lowest BCUT2D eigenvalue weighted by Crippen LogP contribution is -1.78. The first-order chi connectivity index (χ1) is 8.76. The second kappa shape index (κ2) is 5.92. The maximum atomic E-state index is 4.37. The number of rotatable bonds is 1. The lowest BCUT2D eigenvalue weighted by Gasteiger charge is -2.00. The van der Waals surface area contributed by atoms with Crippen molar-refractivity contribution in [3.05, 3.63) is 66.2 Å². The predicted molar refractivity (Wildman–Crippen MR) is 82.4 cm³/mol. The summed E-state index contributed by atoms with van der Waals surface area (Å²) in [7, 11) is 0. The van der Waals surface area contributed by atoms with Crippen LogP contribution in [0.15, 0.2) is 60.0 Å². The van der Waals surface area contributed by atoms with Gasteiger partial charge in [0, 0.05) is 4.90 Å². The van der Waals surface area contributed by atoms with E-state index in [1.807, 2.05) is 6.08 Å². The Hall–Kier alpha value is -1.47. The van der Waals surface area contributed by atoms with Crippen LogP contribution in [0.2, 0.25) is 0 Å². The van der Waals surface area contributed by atoms with Crippen LogP contribution in [0.3, 0.4) is 0 Å². The second-order valence-corrected chi connectivity index (χ2v) is 4.89. The molecule has 0 N–H and O–H groups in total. The van der Waals surface area contributed by atoms with Crippen molar-refractivity contribution in [2.75, 3.05) is 0 Å². The van der Waals surface area contributed by atoms with Crippen LogP contribution in [0, 0.1) is 0 Å². The zero-order valence-electron chi connectivity index (χ0n) is 10.7. The predicted octanol–water partition coefficient (Wildman–Crippen LogP) is 5.13. The molecule has 0 heterocycles. The maximum absolute atomic E-state index is 4.37. The highest BCUT2D eigenvalue weighted by Gasteiger charge is 2.16. The fourth-order valence-electron chi connectivity index (χ4n) is 2.11. The molecule has 1 heteroatoms. The van der Waals surface area contributed by atoms with E-state index >= 15 is 0 Å². The Morgan fingerprint density at radius 3 is 2.50 bits per heavy atom. The van der Waals surface area contributed by atoms with Gasteiger partial charge in [-0.15, -0.1) is 19.2 Å². The maximum Gasteiger partial charge on any atom is 0.00463 e. The number of fused-ring (bicyclic) bond motifs is 3. The summed E-state index contributed by atoms with van der Waals surface area (Å²) in [5, 5.41) is 0. The highest BCUT2D eigenvalue weighted by Crippen LogP contribution is 2.37. The zero-order valence-corrected chi connectivity index (χ0v) is 11.6. The number of hydrogen-bond donors (Lipinski definition) is 1. The van der Waals surface area contributed by atoms with E-state index in [0.717, 1.165) is 17.7 Å². The van der Waals surface area contributed by atoms with Gasteiger partial charge in [0.2, 0.25) is 0 Å². The number of thiol groups is 1. The van der Waals surface area contributed by atoms with Crippen molar-refractivity contribution in [1.82, 2.24) is 0 Å². The Morgan fingerprint density at radius 1 is 1.11 bits per heavy atom. The van der Waals surface area contributed by atoms with Gasteiger partial charge in [0.15, 0.2) is 0 Å². The number of hydrogen-bond acceptors (Lipinski definition) is 1. The highest BCUT2D eigenvalue weighted by molar-refractivity contribution is 7.80. The molecule has 0 bridgehead atoms. The second-order valence-electron chi connectivity index (χ2n) is 4.37. The van der Waals surface area contributed by atoms with Crippen molar-refractivity contribution in [3.8, 4) is 11.1 Å². The van der Waals surface area contributed by atoms with Crippen molar-refractivity contribution in [1.29, 1.82) is 0 Å². The molecule has 0 nitrogen and oxygen atoms in total. The summed E-state index contributed by atoms with van der Waals surface area (Å²) in [6, 6.07) is 15.0. The molecule has 0 spiro atoms. The van der Waals surface area contributed by atoms with Crippen molar-refractivity contribution in [2.24, 2.45) is 0 Å². The standard InChI is InChI=1S/C13H10S.C4H8/c14-11-6-5-10-7-9-3-1-2-4-12(9)13(10)8-11;1-3-4-2/h1-6,8,14H,7H2;3H,1,4H2,2H3. The minimum atomic E-state index is 1.04. The Labute approximate surface area is 115 Å². The van der Waals surface area contributed by atoms with Crippen LogP contribution in [0.25, 0.3) is 11.1 Å². The van der Waals surface area contributed by atoms with Gasteiger partial charge in [0.1, 0.15) is 0 Å². The molecule has 2 aromatic carbocycles. The first-order valence-electron chi connectivity index (χ1n) is 6.27. The van der Waals surface area contributed by atoms with Gasteiger partial charge in [0.25, 0.3) is 0 Å². The Balaban J connectivity index is 0.000000267. The van der Waals surface area contributed by atoms with E-state index in [4.69, 9.17) is 0 Å². The summed E-state index contributed by atoms with van der Waals surface area (Å²) in [6.45, 7) is 5.54. The smallest absolute Gasteiger partial charge is 0.00463 e. The summed E-state index contributed by atoms with van der Waals surface area (Å²) in [5.41, 5.74) is 5.58. The van der Waals surface area contributed by atoms with E-state index in [2.05, 4.69) is 68.6 Å². The van der Waals surface area contributed by atoms with Crippen molar-refractivity contribution < 1.29 is 0 Å². The van der Waals surface area contributed by atoms with E-state index < -0.39 is 0 Å². The van der Waals surface area contributed by atoms with Crippen LogP contribution in [0.1, 0.15) is 24.5 Å². The molecule has 18 heavy (non-hydrogen) atoms. The molecule has 0 atom stereocenters. The third kappa shape index (κ3) is 2.68. The van der Waals surface area contributed by atoms with Crippen LogP contribution >= 0.6 is 12.6 Å². The van der Waals surface area contributed by atoms with Gasteiger partial charge >= 0.3 is 0 Å². The van der Waals surface area contributed by atoms with Gasteiger partial charge in [-0.2, -0.15) is 0 Å². The summed E-state index contributed by atoms with van der Waals surface area (Å²) in [4.78, 5) is 1.04. The molecular weight excluding hydrogens is 236 g/mol. The van der Waals surface area contributed by atoms with E-state index in [1.165, 1.54) is 22.3 Å². The zero-order chi connectivity index (χ0) is 13.0. The Bertz CT molecular complexity index is 555. The van der Waals surface area contributed by atoms with Crippen LogP contribution in [0.5, 0.6) is 0 Å². The summed E-state index contributed by atoms with van der Waals surface area (Å²) in [5.74, 6) is 0. The molecule has 3 rings (SSSR count). The minimum Gasteiger partial charge on any atom is -0.143 e. The number of benzene rings is 2. The molecule has 1 aliphatic rings. The fourth-order valence-corrected chi connectivity index (χ4v) is 2.32. The van der Waals surface area contributed by atoms with Gasteiger partial charge in [-0.3, -0.25) is 0 Å². The summed E-state index contributed by atoms with van der Waals surface area (Å²) >= 11 is 4.37. The minimum absolute atomic E-state index is 1.04. The van der Waals surface area contributed by atoms with Gasteiger partial charge in [-0.1, -0.05) is 43.3 Å². The Morgan fingerprint density at radius 2 is 1.78 bits per heavy atom. The first-order valence-corrected chi connectivity index (χ1v) is 6.72. The van der Waals surface area contributed by atoms with E-state index in [-0.39, 0.29) is 0 Å². The topological polar surface area (TPSA) is 0 Å². The van der Waals surface area contributed by atoms with Crippen LogP contribution in [-0.4, -0.2) is 0 Å². The number of allylic oxidation sites excluding steroid dienone is 1. The third-order valence-electron chi connectivity index (χ3n) is 3.07. The van der Waals surface area contributed by atoms with Crippen LogP contribution in [0.4, 0.5) is 0 Å². The van der Waals surface area contributed by atoms with Crippen molar-refractivity contribution in [2.45, 2.75) is 24.7 Å². The largest absolute Gasteiger partial charge is 0.143 e. The molecule has 2 aromatic rings. The average molecular weight is 254 g/mol. The van der Waals surface area contributed by atoms with Gasteiger partial charge in [-0.05, 0) is 47.2 Å². The quantitative estimate of drug-likeness (QED) is 0.452. The SMILES string of the molecule is C=CCC.Sc1ccc2c(c1)-c1ccccc1C2. The molecule has 0 fully saturated rings. The Kier molecular flexibility index (Phi) is 4.27. The molecule has 0 radical (unpaired) electrons. The van der Waals surface area contributed by atoms with Crippen molar-refractivity contribution >= 4 is 12.6 Å². The molecule has 0 amide bonds.